The van der Waals surface area contributed by atoms with E-state index in [1.165, 1.54) is 12.1 Å². The van der Waals surface area contributed by atoms with Crippen LogP contribution in [0, 0.1) is 12.7 Å². The van der Waals surface area contributed by atoms with E-state index in [1.54, 1.807) is 24.7 Å². The van der Waals surface area contributed by atoms with E-state index in [1.807, 2.05) is 55.5 Å². The number of H-pyrrole nitrogens is 1. The Bertz CT molecular complexity index is 1160. The van der Waals surface area contributed by atoms with Crippen LogP contribution in [0.15, 0.2) is 85.3 Å². The number of aromatic nitrogens is 2. The third-order valence-electron chi connectivity index (χ3n) is 5.27. The maximum Gasteiger partial charge on any atom is 0.235 e. The van der Waals surface area contributed by atoms with Crippen molar-refractivity contribution in [2.75, 3.05) is 11.9 Å². The number of ether oxygens (including phenoxy) is 1. The van der Waals surface area contributed by atoms with Gasteiger partial charge in [0.25, 0.3) is 0 Å². The monoisotopic (exact) mass is 429 g/mol. The average Bonchev–Trinajstić information content (AvgIpc) is 3.34. The second-order valence-corrected chi connectivity index (χ2v) is 7.59. The van der Waals surface area contributed by atoms with Crippen molar-refractivity contribution in [2.24, 2.45) is 0 Å². The fourth-order valence-electron chi connectivity index (χ4n) is 3.48. The lowest BCUT2D eigenvalue weighted by molar-refractivity contribution is -0.119. The van der Waals surface area contributed by atoms with Gasteiger partial charge in [-0.3, -0.25) is 4.79 Å². The predicted molar refractivity (Wildman–Crippen MR) is 123 cm³/mol. The first-order valence-electron chi connectivity index (χ1n) is 10.4. The maximum atomic E-state index is 13.2. The summed E-state index contributed by atoms with van der Waals surface area (Å²) in [5.41, 5.74) is 5.23. The summed E-state index contributed by atoms with van der Waals surface area (Å²) >= 11 is 0. The summed E-state index contributed by atoms with van der Waals surface area (Å²) in [6.07, 6.45) is 3.19. The minimum atomic E-state index is -0.530. The van der Waals surface area contributed by atoms with Crippen LogP contribution in [0.5, 0.6) is 0 Å². The third kappa shape index (κ3) is 5.28. The molecule has 1 amide bonds. The number of hydrogen-bond donors (Lipinski definition) is 2. The number of rotatable bonds is 8. The Balaban J connectivity index is 1.46. The van der Waals surface area contributed by atoms with E-state index >= 15 is 0 Å². The molecule has 0 aliphatic rings. The van der Waals surface area contributed by atoms with Crippen molar-refractivity contribution in [3.8, 4) is 11.1 Å². The fourth-order valence-corrected chi connectivity index (χ4v) is 3.48. The van der Waals surface area contributed by atoms with Gasteiger partial charge in [-0.2, -0.15) is 0 Å². The quantitative estimate of drug-likeness (QED) is 0.391. The van der Waals surface area contributed by atoms with Gasteiger partial charge in [-0.1, -0.05) is 48.5 Å². The molecule has 0 saturated carbocycles. The number of aromatic amines is 1. The summed E-state index contributed by atoms with van der Waals surface area (Å²) < 4.78 is 19.0. The highest BCUT2D eigenvalue weighted by molar-refractivity contribution is 5.96. The molecule has 0 spiro atoms. The molecule has 6 heteroatoms. The number of carbonyl (C=O) groups excluding carboxylic acids is 1. The van der Waals surface area contributed by atoms with E-state index in [-0.39, 0.29) is 18.3 Å². The van der Waals surface area contributed by atoms with Crippen LogP contribution in [0.3, 0.4) is 0 Å². The normalized spacial score (nSPS) is 11.8. The molecule has 0 fully saturated rings. The van der Waals surface area contributed by atoms with Gasteiger partial charge < -0.3 is 15.0 Å². The second kappa shape index (κ2) is 10.0. The Morgan fingerprint density at radius 1 is 1.06 bits per heavy atom. The lowest BCUT2D eigenvalue weighted by Gasteiger charge is -2.17. The van der Waals surface area contributed by atoms with Crippen molar-refractivity contribution in [3.63, 3.8) is 0 Å². The number of amides is 1. The largest absolute Gasteiger partial charge is 0.376 e. The number of nitrogens with one attached hydrogen (secondary N) is 2. The molecule has 0 saturated heterocycles. The SMILES string of the molecule is Cc1cc(-c2ccc(F)cc2)ccc1NC(=O)[C@H](COCc1ccccc1)c1cnc[nH]1. The first kappa shape index (κ1) is 21.5. The summed E-state index contributed by atoms with van der Waals surface area (Å²) in [4.78, 5) is 20.2. The number of aryl methyl sites for hydroxylation is 1. The molecule has 0 unspecified atom stereocenters. The summed E-state index contributed by atoms with van der Waals surface area (Å²) in [6, 6.07) is 21.9. The van der Waals surface area contributed by atoms with Gasteiger partial charge in [-0.15, -0.1) is 0 Å². The Hall–Kier alpha value is -3.77. The van der Waals surface area contributed by atoms with Gasteiger partial charge in [0.15, 0.2) is 0 Å². The molecule has 162 valence electrons. The molecular formula is C26H24FN3O2. The molecule has 2 N–H and O–H groups in total. The molecule has 32 heavy (non-hydrogen) atoms. The minimum Gasteiger partial charge on any atom is -0.376 e. The van der Waals surface area contributed by atoms with Crippen molar-refractivity contribution in [1.82, 2.24) is 9.97 Å². The molecule has 0 radical (unpaired) electrons. The summed E-state index contributed by atoms with van der Waals surface area (Å²) in [5, 5.41) is 3.01. The number of halogens is 1. The van der Waals surface area contributed by atoms with Crippen LogP contribution in [0.2, 0.25) is 0 Å². The molecule has 3 aromatic carbocycles. The number of hydrogen-bond acceptors (Lipinski definition) is 3. The highest BCUT2D eigenvalue weighted by Crippen LogP contribution is 2.26. The molecule has 0 aliphatic carbocycles. The average molecular weight is 429 g/mol. The molecule has 0 bridgehead atoms. The van der Waals surface area contributed by atoms with Crippen molar-refractivity contribution >= 4 is 11.6 Å². The van der Waals surface area contributed by atoms with Crippen LogP contribution >= 0.6 is 0 Å². The van der Waals surface area contributed by atoms with E-state index < -0.39 is 5.92 Å². The molecule has 1 heterocycles. The van der Waals surface area contributed by atoms with Crippen molar-refractivity contribution < 1.29 is 13.9 Å². The van der Waals surface area contributed by atoms with Crippen LogP contribution in [0.1, 0.15) is 22.7 Å². The zero-order valence-electron chi connectivity index (χ0n) is 17.7. The van der Waals surface area contributed by atoms with Crippen LogP contribution in [0.4, 0.5) is 10.1 Å². The Labute approximate surface area is 186 Å². The van der Waals surface area contributed by atoms with Crippen LogP contribution in [-0.2, 0) is 16.1 Å². The summed E-state index contributed by atoms with van der Waals surface area (Å²) in [6.45, 7) is 2.57. The number of carbonyl (C=O) groups is 1. The minimum absolute atomic E-state index is 0.181. The molecular weight excluding hydrogens is 405 g/mol. The van der Waals surface area contributed by atoms with E-state index in [2.05, 4.69) is 15.3 Å². The topological polar surface area (TPSA) is 67.0 Å². The van der Waals surface area contributed by atoms with Crippen molar-refractivity contribution in [3.05, 3.63) is 108 Å². The van der Waals surface area contributed by atoms with Gasteiger partial charge in [0.2, 0.25) is 5.91 Å². The first-order chi connectivity index (χ1) is 15.6. The number of imidazole rings is 1. The smallest absolute Gasteiger partial charge is 0.235 e. The Morgan fingerprint density at radius 3 is 2.50 bits per heavy atom. The molecule has 1 atom stereocenters. The lowest BCUT2D eigenvalue weighted by atomic mass is 10.0. The highest BCUT2D eigenvalue weighted by Gasteiger charge is 2.23. The molecule has 1 aromatic heterocycles. The summed E-state index contributed by atoms with van der Waals surface area (Å²) in [5.74, 6) is -0.981. The first-order valence-corrected chi connectivity index (χ1v) is 10.4. The van der Waals surface area contributed by atoms with E-state index in [9.17, 15) is 9.18 Å². The molecule has 4 rings (SSSR count). The van der Waals surface area contributed by atoms with Gasteiger partial charge in [-0.25, -0.2) is 9.37 Å². The predicted octanol–water partition coefficient (Wildman–Crippen LogP) is 5.46. The second-order valence-electron chi connectivity index (χ2n) is 7.59. The zero-order chi connectivity index (χ0) is 22.3. The third-order valence-corrected chi connectivity index (χ3v) is 5.27. The van der Waals surface area contributed by atoms with Crippen LogP contribution in [-0.4, -0.2) is 22.5 Å². The van der Waals surface area contributed by atoms with Gasteiger partial charge in [-0.05, 0) is 53.4 Å². The van der Waals surface area contributed by atoms with Gasteiger partial charge in [0.1, 0.15) is 11.7 Å². The number of anilines is 1. The van der Waals surface area contributed by atoms with Crippen molar-refractivity contribution in [1.29, 1.82) is 0 Å². The molecule has 5 nitrogen and oxygen atoms in total. The van der Waals surface area contributed by atoms with Gasteiger partial charge in [0.05, 0.1) is 19.5 Å². The standard InChI is InChI=1S/C26H24FN3O2/c1-18-13-21(20-7-10-22(27)11-8-20)9-12-24(18)30-26(31)23(25-14-28-17-29-25)16-32-15-19-5-3-2-4-6-19/h2-14,17,23H,15-16H2,1H3,(H,28,29)(H,30,31)/t23-/m1/s1. The zero-order valence-corrected chi connectivity index (χ0v) is 17.7. The molecule has 0 aliphatic heterocycles. The van der Waals surface area contributed by atoms with Crippen molar-refractivity contribution in [2.45, 2.75) is 19.4 Å². The maximum absolute atomic E-state index is 13.2. The number of nitrogens with zero attached hydrogens (tertiary/aromatic N) is 1. The van der Waals surface area contributed by atoms with Crippen LogP contribution < -0.4 is 5.32 Å². The Kier molecular flexibility index (Phi) is 6.72. The van der Waals surface area contributed by atoms with Gasteiger partial charge in [0, 0.05) is 17.6 Å². The van der Waals surface area contributed by atoms with E-state index in [0.29, 0.717) is 18.0 Å². The van der Waals surface area contributed by atoms with Gasteiger partial charge >= 0.3 is 0 Å². The van der Waals surface area contributed by atoms with Crippen LogP contribution in [0.25, 0.3) is 11.1 Å². The lowest BCUT2D eigenvalue weighted by Crippen LogP contribution is -2.25. The molecule has 4 aromatic rings. The fraction of sp³-hybridized carbons (Fsp3) is 0.154. The highest BCUT2D eigenvalue weighted by atomic mass is 19.1. The number of benzene rings is 3. The Morgan fingerprint density at radius 2 is 1.81 bits per heavy atom. The van der Waals surface area contributed by atoms with E-state index in [4.69, 9.17) is 4.74 Å². The summed E-state index contributed by atoms with van der Waals surface area (Å²) in [7, 11) is 0. The van der Waals surface area contributed by atoms with E-state index in [0.717, 1.165) is 22.3 Å².